The number of H-pyrrole nitrogens is 1. The fourth-order valence-electron chi connectivity index (χ4n) is 1.67. The molecule has 2 heterocycles. The molecule has 0 aliphatic carbocycles. The van der Waals surface area contributed by atoms with E-state index in [0.717, 1.165) is 10.9 Å². The molecule has 5 nitrogen and oxygen atoms in total. The Morgan fingerprint density at radius 3 is 2.75 bits per heavy atom. The molecule has 0 fully saturated rings. The summed E-state index contributed by atoms with van der Waals surface area (Å²) in [7, 11) is 0. The Morgan fingerprint density at radius 1 is 1.15 bits per heavy atom. The van der Waals surface area contributed by atoms with Gasteiger partial charge in [-0.15, -0.1) is 0 Å². The monoisotopic (exact) mass is 268 g/mol. The van der Waals surface area contributed by atoms with Crippen molar-refractivity contribution >= 4 is 22.7 Å². The smallest absolute Gasteiger partial charge is 0.228 e. The van der Waals surface area contributed by atoms with Crippen LogP contribution in [0.3, 0.4) is 0 Å². The van der Waals surface area contributed by atoms with Crippen LogP contribution in [0, 0.1) is 0 Å². The van der Waals surface area contributed by atoms with Gasteiger partial charge in [0, 0.05) is 29.9 Å². The van der Waals surface area contributed by atoms with Crippen molar-refractivity contribution in [1.29, 1.82) is 0 Å². The average molecular weight is 268 g/mol. The molecule has 0 amide bonds. The largest absolute Gasteiger partial charge is 0.348 e. The van der Waals surface area contributed by atoms with Crippen LogP contribution in [0.2, 0.25) is 0 Å². The lowest BCUT2D eigenvalue weighted by atomic mass is 10.2. The number of hydrogen-bond donors (Lipinski definition) is 2. The fraction of sp³-hybridized carbons (Fsp3) is 0.133. The molecule has 0 spiro atoms. The maximum Gasteiger partial charge on any atom is 0.228 e. The molecule has 0 unspecified atom stereocenters. The van der Waals surface area contributed by atoms with E-state index in [1.165, 1.54) is 12.1 Å². The molecule has 20 heavy (non-hydrogen) atoms. The predicted octanol–water partition coefficient (Wildman–Crippen LogP) is 3.09. The van der Waals surface area contributed by atoms with Crippen molar-refractivity contribution in [2.45, 2.75) is 13.8 Å². The van der Waals surface area contributed by atoms with Crippen molar-refractivity contribution in [3.8, 4) is 0 Å². The molecule has 0 radical (unpaired) electrons. The van der Waals surface area contributed by atoms with Crippen LogP contribution in [0.5, 0.6) is 0 Å². The summed E-state index contributed by atoms with van der Waals surface area (Å²) in [6.45, 7) is 4.00. The van der Waals surface area contributed by atoms with Gasteiger partial charge in [0.15, 0.2) is 5.43 Å². The number of anilines is 2. The third-order valence-electron chi connectivity index (χ3n) is 2.51. The van der Waals surface area contributed by atoms with E-state index >= 15 is 0 Å². The van der Waals surface area contributed by atoms with Crippen LogP contribution >= 0.6 is 0 Å². The molecular formula is C15H16N4O. The van der Waals surface area contributed by atoms with E-state index in [9.17, 15) is 4.79 Å². The molecule has 0 aliphatic rings. The number of rotatable bonds is 2. The van der Waals surface area contributed by atoms with Crippen LogP contribution in [0.15, 0.2) is 53.6 Å². The molecule has 0 saturated heterocycles. The van der Waals surface area contributed by atoms with E-state index in [1.807, 2.05) is 38.1 Å². The number of hydrogen-bond acceptors (Lipinski definition) is 4. The first-order chi connectivity index (χ1) is 9.81. The topological polar surface area (TPSA) is 70.7 Å². The Balaban J connectivity index is 0.000000704. The minimum absolute atomic E-state index is 0.0722. The number of nitrogens with zero attached hydrogens (tertiary/aromatic N) is 2. The standard InChI is InChI=1S/C13H10N4O.C2H6/c18-10-5-6-14-12(7-10)17-13-15-8-9-3-1-2-4-11(9)16-13;1-2/h1-8H,(H2,14,15,16,17,18);1-2H3. The van der Waals surface area contributed by atoms with Gasteiger partial charge < -0.3 is 10.3 Å². The van der Waals surface area contributed by atoms with Crippen molar-refractivity contribution in [2.24, 2.45) is 0 Å². The summed E-state index contributed by atoms with van der Waals surface area (Å²) in [4.78, 5) is 22.7. The van der Waals surface area contributed by atoms with Crippen LogP contribution < -0.4 is 10.7 Å². The molecule has 102 valence electrons. The van der Waals surface area contributed by atoms with Crippen molar-refractivity contribution in [2.75, 3.05) is 5.32 Å². The van der Waals surface area contributed by atoms with Crippen LogP contribution in [0.1, 0.15) is 13.8 Å². The number of pyridine rings is 1. The highest BCUT2D eigenvalue weighted by Crippen LogP contribution is 2.13. The van der Waals surface area contributed by atoms with Gasteiger partial charge in [-0.3, -0.25) is 4.79 Å². The van der Waals surface area contributed by atoms with E-state index in [4.69, 9.17) is 0 Å². The van der Waals surface area contributed by atoms with E-state index in [1.54, 1.807) is 12.4 Å². The number of benzene rings is 1. The SMILES string of the molecule is CC.O=c1cc[nH]c(Nc2ncc3ccccc3n2)c1. The lowest BCUT2D eigenvalue weighted by Crippen LogP contribution is -2.03. The zero-order chi connectivity index (χ0) is 14.4. The lowest BCUT2D eigenvalue weighted by Gasteiger charge is -2.04. The minimum atomic E-state index is -0.0722. The number of nitrogens with one attached hydrogen (secondary N) is 2. The predicted molar refractivity (Wildman–Crippen MR) is 81.2 cm³/mol. The molecule has 0 saturated carbocycles. The zero-order valence-corrected chi connectivity index (χ0v) is 11.4. The van der Waals surface area contributed by atoms with Crippen LogP contribution in [0.25, 0.3) is 10.9 Å². The first-order valence-electron chi connectivity index (χ1n) is 6.49. The van der Waals surface area contributed by atoms with Crippen molar-refractivity contribution in [1.82, 2.24) is 15.0 Å². The maximum atomic E-state index is 11.2. The summed E-state index contributed by atoms with van der Waals surface area (Å²) in [6.07, 6.45) is 3.32. The zero-order valence-electron chi connectivity index (χ0n) is 11.4. The summed E-state index contributed by atoms with van der Waals surface area (Å²) in [5.41, 5.74) is 0.783. The molecule has 0 bridgehead atoms. The van der Waals surface area contributed by atoms with Gasteiger partial charge in [-0.2, -0.15) is 0 Å². The van der Waals surface area contributed by atoms with Gasteiger partial charge in [0.05, 0.1) is 5.52 Å². The van der Waals surface area contributed by atoms with Gasteiger partial charge in [-0.1, -0.05) is 32.0 Å². The second-order valence-electron chi connectivity index (χ2n) is 3.82. The summed E-state index contributed by atoms with van der Waals surface area (Å²) < 4.78 is 0. The fourth-order valence-corrected chi connectivity index (χ4v) is 1.67. The Labute approximate surface area is 116 Å². The Hall–Kier alpha value is -2.69. The quantitative estimate of drug-likeness (QED) is 0.749. The third kappa shape index (κ3) is 3.20. The molecular weight excluding hydrogens is 252 g/mol. The van der Waals surface area contributed by atoms with Crippen molar-refractivity contribution < 1.29 is 0 Å². The molecule has 5 heteroatoms. The van der Waals surface area contributed by atoms with Gasteiger partial charge in [-0.25, -0.2) is 9.97 Å². The Bertz CT molecular complexity index is 752. The van der Waals surface area contributed by atoms with Crippen LogP contribution in [0.4, 0.5) is 11.8 Å². The number of para-hydroxylation sites is 1. The van der Waals surface area contributed by atoms with Gasteiger partial charge in [0.25, 0.3) is 0 Å². The molecule has 2 aromatic heterocycles. The number of aromatic nitrogens is 3. The minimum Gasteiger partial charge on any atom is -0.348 e. The van der Waals surface area contributed by atoms with Crippen LogP contribution in [-0.4, -0.2) is 15.0 Å². The Kier molecular flexibility index (Phi) is 4.44. The molecule has 3 rings (SSSR count). The van der Waals surface area contributed by atoms with Gasteiger partial charge in [0.2, 0.25) is 5.95 Å². The summed E-state index contributed by atoms with van der Waals surface area (Å²) >= 11 is 0. The highest BCUT2D eigenvalue weighted by Gasteiger charge is 2.00. The molecule has 1 aromatic carbocycles. The molecule has 2 N–H and O–H groups in total. The summed E-state index contributed by atoms with van der Waals surface area (Å²) in [5, 5.41) is 3.94. The Morgan fingerprint density at radius 2 is 1.95 bits per heavy atom. The van der Waals surface area contributed by atoms with Gasteiger partial charge >= 0.3 is 0 Å². The average Bonchev–Trinajstić information content (AvgIpc) is 2.49. The van der Waals surface area contributed by atoms with Crippen LogP contribution in [-0.2, 0) is 0 Å². The molecule has 0 atom stereocenters. The van der Waals surface area contributed by atoms with E-state index in [2.05, 4.69) is 20.3 Å². The van der Waals surface area contributed by atoms with Gasteiger partial charge in [0.1, 0.15) is 5.82 Å². The number of aromatic amines is 1. The lowest BCUT2D eigenvalue weighted by molar-refractivity contribution is 1.18. The van der Waals surface area contributed by atoms with Crippen molar-refractivity contribution in [3.05, 3.63) is 59.0 Å². The second-order valence-corrected chi connectivity index (χ2v) is 3.82. The number of fused-ring (bicyclic) bond motifs is 1. The van der Waals surface area contributed by atoms with Crippen molar-refractivity contribution in [3.63, 3.8) is 0 Å². The highest BCUT2D eigenvalue weighted by atomic mass is 16.1. The second kappa shape index (κ2) is 6.47. The highest BCUT2D eigenvalue weighted by molar-refractivity contribution is 5.78. The maximum absolute atomic E-state index is 11.2. The normalized spacial score (nSPS) is 9.70. The van der Waals surface area contributed by atoms with E-state index in [-0.39, 0.29) is 5.43 Å². The van der Waals surface area contributed by atoms with E-state index < -0.39 is 0 Å². The van der Waals surface area contributed by atoms with E-state index in [0.29, 0.717) is 11.8 Å². The first-order valence-corrected chi connectivity index (χ1v) is 6.49. The third-order valence-corrected chi connectivity index (χ3v) is 2.51. The molecule has 3 aromatic rings. The summed E-state index contributed by atoms with van der Waals surface area (Å²) in [6, 6.07) is 10.6. The van der Waals surface area contributed by atoms with Gasteiger partial charge in [-0.05, 0) is 6.07 Å². The summed E-state index contributed by atoms with van der Waals surface area (Å²) in [5.74, 6) is 1.02. The first kappa shape index (κ1) is 13.7. The molecule has 0 aliphatic heterocycles.